The first-order valence-electron chi connectivity index (χ1n) is 10.3. The van der Waals surface area contributed by atoms with E-state index in [1.165, 1.54) is 35.1 Å². The van der Waals surface area contributed by atoms with E-state index in [-0.39, 0.29) is 49.8 Å². The molecule has 1 heterocycles. The summed E-state index contributed by atoms with van der Waals surface area (Å²) in [6, 6.07) is 6.84. The molecule has 0 radical (unpaired) electrons. The van der Waals surface area contributed by atoms with Gasteiger partial charge < -0.3 is 19.3 Å². The second kappa shape index (κ2) is 9.98. The van der Waals surface area contributed by atoms with Crippen LogP contribution in [0.2, 0.25) is 0 Å². The fourth-order valence-electron chi connectivity index (χ4n) is 3.67. The smallest absolute Gasteiger partial charge is 0.417 e. The largest absolute Gasteiger partial charge is 0.493 e. The molecule has 2 aromatic carbocycles. The van der Waals surface area contributed by atoms with Crippen molar-refractivity contribution in [2.75, 3.05) is 39.9 Å². The van der Waals surface area contributed by atoms with E-state index in [0.717, 1.165) is 18.2 Å². The van der Waals surface area contributed by atoms with Crippen molar-refractivity contribution in [3.05, 3.63) is 63.2 Å². The van der Waals surface area contributed by atoms with Crippen molar-refractivity contribution in [3.63, 3.8) is 0 Å². The molecule has 1 saturated heterocycles. The molecular formula is C22H22F3N3O6. The van der Waals surface area contributed by atoms with Gasteiger partial charge in [0, 0.05) is 32.2 Å². The first kappa shape index (κ1) is 24.8. The maximum Gasteiger partial charge on any atom is 0.417 e. The van der Waals surface area contributed by atoms with E-state index >= 15 is 0 Å². The Hall–Kier alpha value is -3.83. The maximum atomic E-state index is 13.3. The molecule has 0 unspecified atom stereocenters. The molecule has 2 amide bonds. The molecular weight excluding hydrogens is 459 g/mol. The Morgan fingerprint density at radius 3 is 2.06 bits per heavy atom. The first-order valence-corrected chi connectivity index (χ1v) is 10.3. The van der Waals surface area contributed by atoms with E-state index in [2.05, 4.69) is 0 Å². The highest BCUT2D eigenvalue weighted by Gasteiger charge is 2.37. The van der Waals surface area contributed by atoms with Crippen LogP contribution in [0.1, 0.15) is 33.2 Å². The minimum absolute atomic E-state index is 0.00849. The average molecular weight is 481 g/mol. The number of benzene rings is 2. The Bertz CT molecular complexity index is 1100. The molecule has 0 aromatic heterocycles. The maximum absolute atomic E-state index is 13.3. The van der Waals surface area contributed by atoms with Crippen LogP contribution in [0.3, 0.4) is 0 Å². The number of nitrogens with zero attached hydrogens (tertiary/aromatic N) is 3. The zero-order valence-electron chi connectivity index (χ0n) is 18.4. The summed E-state index contributed by atoms with van der Waals surface area (Å²) in [6.07, 6.45) is -4.68. The van der Waals surface area contributed by atoms with Crippen LogP contribution in [0.25, 0.3) is 0 Å². The molecule has 0 bridgehead atoms. The third-order valence-corrected chi connectivity index (χ3v) is 5.33. The summed E-state index contributed by atoms with van der Waals surface area (Å²) >= 11 is 0. The van der Waals surface area contributed by atoms with Crippen molar-refractivity contribution in [2.24, 2.45) is 0 Å². The van der Waals surface area contributed by atoms with E-state index in [9.17, 15) is 32.9 Å². The monoisotopic (exact) mass is 481 g/mol. The number of carbonyl (C=O) groups excluding carboxylic acids is 2. The van der Waals surface area contributed by atoms with Gasteiger partial charge in [0.05, 0.1) is 35.8 Å². The summed E-state index contributed by atoms with van der Waals surface area (Å²) in [6.45, 7) is 1.85. The third-order valence-electron chi connectivity index (χ3n) is 5.33. The van der Waals surface area contributed by atoms with Gasteiger partial charge in [0.1, 0.15) is 5.56 Å². The van der Waals surface area contributed by atoms with E-state index in [0.29, 0.717) is 0 Å². The second-order valence-electron chi connectivity index (χ2n) is 7.34. The van der Waals surface area contributed by atoms with Crippen LogP contribution in [0.4, 0.5) is 18.9 Å². The number of nitro groups is 1. The van der Waals surface area contributed by atoms with Crippen LogP contribution in [-0.4, -0.2) is 66.4 Å². The van der Waals surface area contributed by atoms with Crippen LogP contribution in [-0.2, 0) is 6.18 Å². The van der Waals surface area contributed by atoms with E-state index < -0.39 is 39.7 Å². The number of halogens is 3. The number of methoxy groups -OCH3 is 1. The van der Waals surface area contributed by atoms with E-state index in [1.54, 1.807) is 6.92 Å². The van der Waals surface area contributed by atoms with Gasteiger partial charge in [-0.15, -0.1) is 0 Å². The fourth-order valence-corrected chi connectivity index (χ4v) is 3.67. The second-order valence-corrected chi connectivity index (χ2v) is 7.34. The van der Waals surface area contributed by atoms with Gasteiger partial charge in [-0.05, 0) is 19.1 Å². The molecule has 0 aliphatic carbocycles. The Kier molecular flexibility index (Phi) is 7.28. The van der Waals surface area contributed by atoms with E-state index in [4.69, 9.17) is 9.47 Å². The molecule has 34 heavy (non-hydrogen) atoms. The molecule has 1 aliphatic heterocycles. The summed E-state index contributed by atoms with van der Waals surface area (Å²) in [5.74, 6) is -1.19. The van der Waals surface area contributed by atoms with Crippen molar-refractivity contribution in [2.45, 2.75) is 13.1 Å². The van der Waals surface area contributed by atoms with Gasteiger partial charge in [0.2, 0.25) is 0 Å². The fraction of sp³-hybridized carbons (Fsp3) is 0.364. The zero-order chi connectivity index (χ0) is 25.0. The summed E-state index contributed by atoms with van der Waals surface area (Å²) in [7, 11) is 1.33. The van der Waals surface area contributed by atoms with Gasteiger partial charge in [-0.3, -0.25) is 19.7 Å². The van der Waals surface area contributed by atoms with Crippen molar-refractivity contribution < 1.29 is 37.2 Å². The topological polar surface area (TPSA) is 102 Å². The summed E-state index contributed by atoms with van der Waals surface area (Å²) in [5.41, 5.74) is -2.18. The average Bonchev–Trinajstić information content (AvgIpc) is 2.82. The normalized spacial score (nSPS) is 14.0. The van der Waals surface area contributed by atoms with Gasteiger partial charge in [-0.2, -0.15) is 13.2 Å². The molecule has 1 fully saturated rings. The van der Waals surface area contributed by atoms with Crippen LogP contribution >= 0.6 is 0 Å². The lowest BCUT2D eigenvalue weighted by molar-refractivity contribution is -0.385. The zero-order valence-corrected chi connectivity index (χ0v) is 18.4. The van der Waals surface area contributed by atoms with E-state index in [1.807, 2.05) is 0 Å². The molecule has 9 nitrogen and oxygen atoms in total. The van der Waals surface area contributed by atoms with Gasteiger partial charge in [-0.1, -0.05) is 12.1 Å². The summed E-state index contributed by atoms with van der Waals surface area (Å²) < 4.78 is 50.3. The van der Waals surface area contributed by atoms with Gasteiger partial charge in [-0.25, -0.2) is 0 Å². The standard InChI is InChI=1S/C22H22F3N3O6/c1-3-34-19-13-17(28(31)32)15(12-18(19)33-2)21(30)27-10-8-26(9-11-27)20(29)14-6-4-5-7-16(14)22(23,24)25/h4-7,12-13H,3,8-11H2,1-2H3. The SMILES string of the molecule is CCOc1cc([N+](=O)[O-])c(C(=O)N2CCN(C(=O)c3ccccc3C(F)(F)F)CC2)cc1OC. The van der Waals surface area contributed by atoms with Crippen molar-refractivity contribution in [1.82, 2.24) is 9.80 Å². The predicted molar refractivity (Wildman–Crippen MR) is 114 cm³/mol. The molecule has 0 atom stereocenters. The number of amides is 2. The number of hydrogen-bond acceptors (Lipinski definition) is 6. The first-order chi connectivity index (χ1) is 16.1. The molecule has 0 N–H and O–H groups in total. The lowest BCUT2D eigenvalue weighted by atomic mass is 10.1. The Labute approximate surface area is 192 Å². The van der Waals surface area contributed by atoms with Crippen molar-refractivity contribution in [1.29, 1.82) is 0 Å². The number of carbonyl (C=O) groups is 2. The minimum atomic E-state index is -4.68. The molecule has 182 valence electrons. The number of hydrogen-bond donors (Lipinski definition) is 0. The molecule has 3 rings (SSSR count). The molecule has 12 heteroatoms. The Morgan fingerprint density at radius 2 is 1.56 bits per heavy atom. The number of rotatable bonds is 6. The Morgan fingerprint density at radius 1 is 1.00 bits per heavy atom. The number of nitro benzene ring substituents is 1. The number of alkyl halides is 3. The lowest BCUT2D eigenvalue weighted by Gasteiger charge is -2.35. The van der Waals surface area contributed by atoms with Crippen molar-refractivity contribution in [3.8, 4) is 11.5 Å². The summed E-state index contributed by atoms with van der Waals surface area (Å²) in [5, 5.41) is 11.6. The highest BCUT2D eigenvalue weighted by Crippen LogP contribution is 2.36. The van der Waals surface area contributed by atoms with Crippen molar-refractivity contribution >= 4 is 17.5 Å². The quantitative estimate of drug-likeness (QED) is 0.461. The van der Waals surface area contributed by atoms with Crippen LogP contribution in [0.5, 0.6) is 11.5 Å². The lowest BCUT2D eigenvalue weighted by Crippen LogP contribution is -2.50. The molecule has 0 saturated carbocycles. The van der Waals surface area contributed by atoms with Gasteiger partial charge in [0.15, 0.2) is 11.5 Å². The summed E-state index contributed by atoms with van der Waals surface area (Å²) in [4.78, 5) is 39.2. The highest BCUT2D eigenvalue weighted by atomic mass is 19.4. The highest BCUT2D eigenvalue weighted by molar-refractivity contribution is 5.99. The van der Waals surface area contributed by atoms with Crippen LogP contribution in [0, 0.1) is 10.1 Å². The van der Waals surface area contributed by atoms with Gasteiger partial charge >= 0.3 is 6.18 Å². The molecule has 0 spiro atoms. The molecule has 2 aromatic rings. The number of ether oxygens (including phenoxy) is 2. The van der Waals surface area contributed by atoms with Gasteiger partial charge in [0.25, 0.3) is 17.5 Å². The number of piperazine rings is 1. The third kappa shape index (κ3) is 5.05. The van der Waals surface area contributed by atoms with Crippen LogP contribution in [0.15, 0.2) is 36.4 Å². The van der Waals surface area contributed by atoms with Crippen LogP contribution < -0.4 is 9.47 Å². The molecule has 1 aliphatic rings. The predicted octanol–water partition coefficient (Wildman–Crippen LogP) is 3.62. The minimum Gasteiger partial charge on any atom is -0.493 e. The Balaban J connectivity index is 1.79.